The van der Waals surface area contributed by atoms with Crippen LogP contribution in [-0.4, -0.2) is 27.5 Å². The molecule has 0 saturated carbocycles. The van der Waals surface area contributed by atoms with Crippen LogP contribution < -0.4 is 10.0 Å². The molecule has 0 amide bonds. The van der Waals surface area contributed by atoms with Gasteiger partial charge in [0, 0.05) is 10.5 Å². The van der Waals surface area contributed by atoms with Crippen LogP contribution in [0.3, 0.4) is 0 Å². The number of hydrogen-bond donors (Lipinski definition) is 2. The molecule has 1 heterocycles. The molecule has 2 rings (SSSR count). The Morgan fingerprint density at radius 1 is 1.33 bits per heavy atom. The maximum Gasteiger partial charge on any atom is 0.240 e. The maximum atomic E-state index is 12.2. The smallest absolute Gasteiger partial charge is 0.240 e. The van der Waals surface area contributed by atoms with Crippen molar-refractivity contribution in [1.29, 1.82) is 0 Å². The van der Waals surface area contributed by atoms with Crippen molar-refractivity contribution in [3.05, 3.63) is 27.7 Å². The van der Waals surface area contributed by atoms with E-state index in [9.17, 15) is 8.42 Å². The molecular formula is C11H14BrClN2O2S. The largest absolute Gasteiger partial charge is 0.317 e. The van der Waals surface area contributed by atoms with Gasteiger partial charge in [-0.05, 0) is 60.1 Å². The number of sulfonamides is 1. The Balaban J connectivity index is 2.16. The molecule has 1 fully saturated rings. The number of piperidine rings is 1. The van der Waals surface area contributed by atoms with Gasteiger partial charge in [0.1, 0.15) is 0 Å². The quantitative estimate of drug-likeness (QED) is 0.875. The van der Waals surface area contributed by atoms with Gasteiger partial charge < -0.3 is 5.32 Å². The van der Waals surface area contributed by atoms with Crippen LogP contribution >= 0.6 is 27.5 Å². The third-order valence-corrected chi connectivity index (χ3v) is 5.61. The molecule has 0 atom stereocenters. The third-order valence-electron chi connectivity index (χ3n) is 2.86. The van der Waals surface area contributed by atoms with Gasteiger partial charge >= 0.3 is 0 Å². The van der Waals surface area contributed by atoms with Crippen molar-refractivity contribution in [2.45, 2.75) is 23.8 Å². The van der Waals surface area contributed by atoms with Gasteiger partial charge in [0.25, 0.3) is 0 Å². The summed E-state index contributed by atoms with van der Waals surface area (Å²) < 4.78 is 27.7. The Hall–Kier alpha value is -0.140. The Kier molecular flexibility index (Phi) is 4.66. The van der Waals surface area contributed by atoms with Gasteiger partial charge in [-0.1, -0.05) is 11.6 Å². The number of hydrogen-bond acceptors (Lipinski definition) is 3. The second-order valence-corrected chi connectivity index (χ2v) is 7.20. The second kappa shape index (κ2) is 5.88. The fraction of sp³-hybridized carbons (Fsp3) is 0.455. The van der Waals surface area contributed by atoms with Gasteiger partial charge in [-0.3, -0.25) is 0 Å². The molecule has 0 bridgehead atoms. The minimum Gasteiger partial charge on any atom is -0.317 e. The first kappa shape index (κ1) is 14.3. The zero-order valence-electron chi connectivity index (χ0n) is 9.62. The van der Waals surface area contributed by atoms with Crippen LogP contribution in [0.1, 0.15) is 12.8 Å². The summed E-state index contributed by atoms with van der Waals surface area (Å²) in [7, 11) is -3.48. The summed E-state index contributed by atoms with van der Waals surface area (Å²) in [5.74, 6) is 0. The average molecular weight is 354 g/mol. The fourth-order valence-electron chi connectivity index (χ4n) is 1.87. The predicted molar refractivity (Wildman–Crippen MR) is 75.4 cm³/mol. The van der Waals surface area contributed by atoms with Crippen LogP contribution in [0.4, 0.5) is 0 Å². The highest BCUT2D eigenvalue weighted by Crippen LogP contribution is 2.25. The Bertz CT molecular complexity index is 530. The van der Waals surface area contributed by atoms with E-state index in [4.69, 9.17) is 11.6 Å². The molecule has 2 N–H and O–H groups in total. The monoisotopic (exact) mass is 352 g/mol. The Morgan fingerprint density at radius 3 is 2.61 bits per heavy atom. The van der Waals surface area contributed by atoms with E-state index >= 15 is 0 Å². The lowest BCUT2D eigenvalue weighted by molar-refractivity contribution is 0.427. The summed E-state index contributed by atoms with van der Waals surface area (Å²) in [4.78, 5) is 0.203. The highest BCUT2D eigenvalue weighted by atomic mass is 79.9. The van der Waals surface area contributed by atoms with E-state index in [1.807, 2.05) is 0 Å². The van der Waals surface area contributed by atoms with E-state index in [-0.39, 0.29) is 10.9 Å². The molecule has 1 saturated heterocycles. The SMILES string of the molecule is O=S(=O)(NC1CCNCC1)c1ccc(Br)c(Cl)c1. The number of halogens is 2. The summed E-state index contributed by atoms with van der Waals surface area (Å²) in [6.45, 7) is 1.68. The van der Waals surface area contributed by atoms with Crippen LogP contribution in [-0.2, 0) is 10.0 Å². The van der Waals surface area contributed by atoms with Gasteiger partial charge in [-0.25, -0.2) is 13.1 Å². The van der Waals surface area contributed by atoms with Crippen molar-refractivity contribution in [2.24, 2.45) is 0 Å². The number of nitrogens with one attached hydrogen (secondary N) is 2. The van der Waals surface area contributed by atoms with E-state index in [1.165, 1.54) is 6.07 Å². The normalized spacial score (nSPS) is 17.9. The lowest BCUT2D eigenvalue weighted by Crippen LogP contribution is -2.42. The van der Waals surface area contributed by atoms with Gasteiger partial charge in [-0.15, -0.1) is 0 Å². The Morgan fingerprint density at radius 2 is 2.00 bits per heavy atom. The molecule has 0 unspecified atom stereocenters. The summed E-state index contributed by atoms with van der Waals surface area (Å²) in [6.07, 6.45) is 1.62. The van der Waals surface area contributed by atoms with Crippen molar-refractivity contribution in [3.63, 3.8) is 0 Å². The van der Waals surface area contributed by atoms with Crippen molar-refractivity contribution in [2.75, 3.05) is 13.1 Å². The van der Waals surface area contributed by atoms with E-state index in [0.29, 0.717) is 9.50 Å². The zero-order valence-corrected chi connectivity index (χ0v) is 12.8. The first-order valence-electron chi connectivity index (χ1n) is 5.67. The second-order valence-electron chi connectivity index (χ2n) is 4.22. The predicted octanol–water partition coefficient (Wildman–Crippen LogP) is 2.13. The van der Waals surface area contributed by atoms with E-state index in [0.717, 1.165) is 25.9 Å². The third kappa shape index (κ3) is 3.45. The highest BCUT2D eigenvalue weighted by molar-refractivity contribution is 9.10. The minimum absolute atomic E-state index is 0.00123. The van der Waals surface area contributed by atoms with Crippen LogP contribution in [0, 0.1) is 0 Å². The van der Waals surface area contributed by atoms with E-state index < -0.39 is 10.0 Å². The molecule has 0 spiro atoms. The molecule has 4 nitrogen and oxygen atoms in total. The summed E-state index contributed by atoms with van der Waals surface area (Å²) in [5.41, 5.74) is 0. The highest BCUT2D eigenvalue weighted by Gasteiger charge is 2.22. The van der Waals surface area contributed by atoms with Crippen molar-refractivity contribution in [3.8, 4) is 0 Å². The van der Waals surface area contributed by atoms with Crippen LogP contribution in [0.25, 0.3) is 0 Å². The fourth-order valence-corrected chi connectivity index (χ4v) is 3.69. The molecule has 1 aromatic carbocycles. The van der Waals surface area contributed by atoms with Gasteiger partial charge in [0.05, 0.1) is 9.92 Å². The number of rotatable bonds is 3. The lowest BCUT2D eigenvalue weighted by Gasteiger charge is -2.23. The Labute approximate surface area is 120 Å². The molecule has 1 aromatic rings. The summed E-state index contributed by atoms with van der Waals surface area (Å²) in [5, 5.41) is 3.59. The zero-order chi connectivity index (χ0) is 13.2. The summed E-state index contributed by atoms with van der Waals surface area (Å²) in [6, 6.07) is 4.63. The van der Waals surface area contributed by atoms with Gasteiger partial charge in [0.2, 0.25) is 10.0 Å². The first-order chi connectivity index (χ1) is 8.49. The molecule has 0 aromatic heterocycles. The molecule has 1 aliphatic heterocycles. The summed E-state index contributed by atoms with van der Waals surface area (Å²) >= 11 is 9.15. The van der Waals surface area contributed by atoms with Crippen molar-refractivity contribution in [1.82, 2.24) is 10.0 Å². The lowest BCUT2D eigenvalue weighted by atomic mass is 10.1. The van der Waals surface area contributed by atoms with Crippen molar-refractivity contribution < 1.29 is 8.42 Å². The standard InChI is InChI=1S/C11H14BrClN2O2S/c12-10-2-1-9(7-11(10)13)18(16,17)15-8-3-5-14-6-4-8/h1-2,7-8,14-15H,3-6H2. The molecular weight excluding hydrogens is 340 g/mol. The topological polar surface area (TPSA) is 58.2 Å². The molecule has 0 aliphatic carbocycles. The van der Waals surface area contributed by atoms with Crippen LogP contribution in [0.15, 0.2) is 27.6 Å². The molecule has 1 aliphatic rings. The van der Waals surface area contributed by atoms with Crippen molar-refractivity contribution >= 4 is 37.6 Å². The maximum absolute atomic E-state index is 12.2. The minimum atomic E-state index is -3.48. The van der Waals surface area contributed by atoms with Crippen LogP contribution in [0.5, 0.6) is 0 Å². The molecule has 7 heteroatoms. The molecule has 100 valence electrons. The van der Waals surface area contributed by atoms with Gasteiger partial charge in [-0.2, -0.15) is 0 Å². The average Bonchev–Trinajstić information content (AvgIpc) is 2.33. The molecule has 18 heavy (non-hydrogen) atoms. The van der Waals surface area contributed by atoms with E-state index in [2.05, 4.69) is 26.0 Å². The van der Waals surface area contributed by atoms with E-state index in [1.54, 1.807) is 12.1 Å². The first-order valence-corrected chi connectivity index (χ1v) is 8.32. The number of benzene rings is 1. The van der Waals surface area contributed by atoms with Crippen LogP contribution in [0.2, 0.25) is 5.02 Å². The molecule has 0 radical (unpaired) electrons. The van der Waals surface area contributed by atoms with Gasteiger partial charge in [0.15, 0.2) is 0 Å².